The summed E-state index contributed by atoms with van der Waals surface area (Å²) in [5, 5.41) is 0. The van der Waals surface area contributed by atoms with Crippen molar-refractivity contribution in [2.75, 3.05) is 0 Å². The largest absolute Gasteiger partial charge is 0.386 e. The van der Waals surface area contributed by atoms with Gasteiger partial charge >= 0.3 is 11.9 Å². The molecule has 0 atom stereocenters. The topological polar surface area (TPSA) is 43.4 Å². The third-order valence-corrected chi connectivity index (χ3v) is 4.62. The molecule has 0 unspecified atom stereocenters. The number of ether oxygens (including phenoxy) is 1. The lowest BCUT2D eigenvalue weighted by atomic mass is 9.62. The number of fused-ring (bicyclic) bond motifs is 2. The Bertz CT molecular complexity index is 556. The molecule has 0 N–H and O–H groups in total. The summed E-state index contributed by atoms with van der Waals surface area (Å²) in [6.07, 6.45) is 2.16. The van der Waals surface area contributed by atoms with Crippen molar-refractivity contribution in [1.29, 1.82) is 0 Å². The smallest absolute Gasteiger partial charge is 0.346 e. The summed E-state index contributed by atoms with van der Waals surface area (Å²) in [5.74, 6) is -1.02. The van der Waals surface area contributed by atoms with Crippen LogP contribution in [0.5, 0.6) is 0 Å². The summed E-state index contributed by atoms with van der Waals surface area (Å²) in [6, 6.07) is 3.75. The molecule has 1 aliphatic carbocycles. The molecule has 1 aromatic rings. The van der Waals surface area contributed by atoms with E-state index in [1.54, 1.807) is 0 Å². The Balaban J connectivity index is 2.31. The number of rotatable bonds is 0. The van der Waals surface area contributed by atoms with Crippen LogP contribution in [-0.4, -0.2) is 11.9 Å². The third kappa shape index (κ3) is 1.64. The van der Waals surface area contributed by atoms with E-state index in [0.29, 0.717) is 11.1 Å². The lowest BCUT2D eigenvalue weighted by molar-refractivity contribution is 0.0444. The van der Waals surface area contributed by atoms with E-state index in [2.05, 4.69) is 27.7 Å². The van der Waals surface area contributed by atoms with Gasteiger partial charge in [0.15, 0.2) is 0 Å². The van der Waals surface area contributed by atoms with Gasteiger partial charge in [0.05, 0.1) is 11.1 Å². The molecule has 2 aliphatic rings. The van der Waals surface area contributed by atoms with Crippen molar-refractivity contribution in [1.82, 2.24) is 0 Å². The van der Waals surface area contributed by atoms with Gasteiger partial charge in [-0.05, 0) is 46.9 Å². The molecule has 1 heterocycles. The van der Waals surface area contributed by atoms with Gasteiger partial charge in [-0.2, -0.15) is 0 Å². The van der Waals surface area contributed by atoms with Gasteiger partial charge in [-0.15, -0.1) is 0 Å². The number of hydrogen-bond acceptors (Lipinski definition) is 3. The second-order valence-corrected chi connectivity index (χ2v) is 6.89. The van der Waals surface area contributed by atoms with Crippen molar-refractivity contribution >= 4 is 11.9 Å². The molecule has 0 saturated carbocycles. The first-order valence-electron chi connectivity index (χ1n) is 6.68. The van der Waals surface area contributed by atoms with E-state index in [0.717, 1.165) is 12.8 Å². The van der Waals surface area contributed by atoms with Gasteiger partial charge in [0.25, 0.3) is 0 Å². The lowest BCUT2D eigenvalue weighted by Gasteiger charge is -2.42. The van der Waals surface area contributed by atoms with E-state index in [-0.39, 0.29) is 10.8 Å². The molecule has 3 nitrogen and oxygen atoms in total. The van der Waals surface area contributed by atoms with Crippen LogP contribution in [0.15, 0.2) is 12.1 Å². The maximum absolute atomic E-state index is 11.7. The Labute approximate surface area is 113 Å². The number of carbonyl (C=O) groups is 2. The Hall–Kier alpha value is -1.64. The molecule has 0 aromatic heterocycles. The highest BCUT2D eigenvalue weighted by atomic mass is 16.6. The summed E-state index contributed by atoms with van der Waals surface area (Å²) >= 11 is 0. The van der Waals surface area contributed by atoms with E-state index in [1.165, 1.54) is 11.1 Å². The highest BCUT2D eigenvalue weighted by Crippen LogP contribution is 2.47. The van der Waals surface area contributed by atoms with Gasteiger partial charge in [0.1, 0.15) is 0 Å². The quantitative estimate of drug-likeness (QED) is 0.529. The lowest BCUT2D eigenvalue weighted by Crippen LogP contribution is -2.34. The van der Waals surface area contributed by atoms with Gasteiger partial charge in [0, 0.05) is 0 Å². The molecule has 0 spiro atoms. The van der Waals surface area contributed by atoms with Crippen LogP contribution < -0.4 is 0 Å². The predicted octanol–water partition coefficient (Wildman–Crippen LogP) is 3.35. The van der Waals surface area contributed by atoms with Gasteiger partial charge in [-0.25, -0.2) is 9.59 Å². The van der Waals surface area contributed by atoms with Crippen LogP contribution in [0.1, 0.15) is 72.4 Å². The molecule has 19 heavy (non-hydrogen) atoms. The van der Waals surface area contributed by atoms with Crippen LogP contribution in [-0.2, 0) is 15.6 Å². The van der Waals surface area contributed by atoms with Crippen molar-refractivity contribution < 1.29 is 14.3 Å². The zero-order valence-corrected chi connectivity index (χ0v) is 11.8. The van der Waals surface area contributed by atoms with Crippen molar-refractivity contribution in [2.24, 2.45) is 0 Å². The van der Waals surface area contributed by atoms with Crippen molar-refractivity contribution in [3.05, 3.63) is 34.4 Å². The zero-order valence-electron chi connectivity index (χ0n) is 11.8. The summed E-state index contributed by atoms with van der Waals surface area (Å²) in [7, 11) is 0. The maximum atomic E-state index is 11.7. The average Bonchev–Trinajstić information content (AvgIpc) is 2.60. The molecule has 0 radical (unpaired) electrons. The van der Waals surface area contributed by atoms with E-state index in [4.69, 9.17) is 4.74 Å². The summed E-state index contributed by atoms with van der Waals surface area (Å²) in [5.41, 5.74) is 3.27. The third-order valence-electron chi connectivity index (χ3n) is 4.62. The summed E-state index contributed by atoms with van der Waals surface area (Å²) < 4.78 is 4.71. The van der Waals surface area contributed by atoms with Crippen LogP contribution in [0, 0.1) is 0 Å². The number of hydrogen-bond donors (Lipinski definition) is 0. The highest BCUT2D eigenvalue weighted by Gasteiger charge is 2.41. The fraction of sp³-hybridized carbons (Fsp3) is 0.500. The van der Waals surface area contributed by atoms with Crippen molar-refractivity contribution in [3.8, 4) is 0 Å². The standard InChI is InChI=1S/C16H18O3/c1-15(2)5-6-16(3,4)12-8-10-9(7-11(12)15)13(17)19-14(10)18/h7-8H,5-6H2,1-4H3. The Kier molecular flexibility index (Phi) is 2.26. The van der Waals surface area contributed by atoms with E-state index in [1.807, 2.05) is 12.1 Å². The molecular formula is C16H18O3. The highest BCUT2D eigenvalue weighted by molar-refractivity contribution is 6.15. The molecule has 0 fully saturated rings. The van der Waals surface area contributed by atoms with Gasteiger partial charge in [0.2, 0.25) is 0 Å². The fourth-order valence-electron chi connectivity index (χ4n) is 3.15. The molecule has 0 saturated heterocycles. The van der Waals surface area contributed by atoms with Gasteiger partial charge in [-0.1, -0.05) is 27.7 Å². The van der Waals surface area contributed by atoms with Gasteiger partial charge in [-0.3, -0.25) is 0 Å². The van der Waals surface area contributed by atoms with E-state index in [9.17, 15) is 9.59 Å². The minimum Gasteiger partial charge on any atom is -0.386 e. The normalized spacial score (nSPS) is 22.7. The van der Waals surface area contributed by atoms with Crippen LogP contribution >= 0.6 is 0 Å². The second-order valence-electron chi connectivity index (χ2n) is 6.89. The minimum atomic E-state index is -0.512. The van der Waals surface area contributed by atoms with Crippen molar-refractivity contribution in [2.45, 2.75) is 51.4 Å². The first-order chi connectivity index (χ1) is 8.72. The van der Waals surface area contributed by atoms with Crippen LogP contribution in [0.3, 0.4) is 0 Å². The van der Waals surface area contributed by atoms with Crippen LogP contribution in [0.25, 0.3) is 0 Å². The molecule has 3 heteroatoms. The Morgan fingerprint density at radius 3 is 1.58 bits per heavy atom. The Morgan fingerprint density at radius 2 is 1.21 bits per heavy atom. The average molecular weight is 258 g/mol. The number of cyclic esters (lactones) is 2. The van der Waals surface area contributed by atoms with Crippen LogP contribution in [0.2, 0.25) is 0 Å². The fourth-order valence-corrected chi connectivity index (χ4v) is 3.15. The SMILES string of the molecule is CC1(C)CCC(C)(C)c2cc3c(cc21)C(=O)OC3=O. The molecule has 3 rings (SSSR count). The Morgan fingerprint density at radius 1 is 0.842 bits per heavy atom. The van der Waals surface area contributed by atoms with Gasteiger partial charge < -0.3 is 4.74 Å². The van der Waals surface area contributed by atoms with Crippen molar-refractivity contribution in [3.63, 3.8) is 0 Å². The molecular weight excluding hydrogens is 240 g/mol. The van der Waals surface area contributed by atoms with E-state index >= 15 is 0 Å². The molecule has 0 amide bonds. The molecule has 1 aliphatic heterocycles. The monoisotopic (exact) mass is 258 g/mol. The summed E-state index contributed by atoms with van der Waals surface area (Å²) in [4.78, 5) is 23.4. The zero-order chi connectivity index (χ0) is 14.0. The first-order valence-corrected chi connectivity index (χ1v) is 6.68. The number of carbonyl (C=O) groups excluding carboxylic acids is 2. The second kappa shape index (κ2) is 3.47. The first kappa shape index (κ1) is 12.4. The van der Waals surface area contributed by atoms with E-state index < -0.39 is 11.9 Å². The molecule has 0 bridgehead atoms. The van der Waals surface area contributed by atoms with Crippen LogP contribution in [0.4, 0.5) is 0 Å². The summed E-state index contributed by atoms with van der Waals surface area (Å²) in [6.45, 7) is 8.76. The number of benzene rings is 1. The molecule has 100 valence electrons. The predicted molar refractivity (Wildman–Crippen MR) is 71.5 cm³/mol. The maximum Gasteiger partial charge on any atom is 0.346 e. The minimum absolute atomic E-state index is 0.0335. The number of esters is 2. The molecule has 1 aromatic carbocycles.